The molecule has 4 aromatic rings. The van der Waals surface area contributed by atoms with Gasteiger partial charge in [0.15, 0.2) is 4.80 Å². The number of carbonyl (C=O) groups excluding carboxylic acids is 1. The quantitative estimate of drug-likeness (QED) is 0.291. The molecule has 0 unspecified atom stereocenters. The summed E-state index contributed by atoms with van der Waals surface area (Å²) < 4.78 is 24.1. The molecule has 10 nitrogen and oxygen atoms in total. The smallest absolute Gasteiger partial charge is 0.338 e. The van der Waals surface area contributed by atoms with Gasteiger partial charge in [0.05, 0.1) is 47.2 Å². The Bertz CT molecular complexity index is 1930. The van der Waals surface area contributed by atoms with Gasteiger partial charge in [0.25, 0.3) is 5.56 Å². The van der Waals surface area contributed by atoms with Crippen LogP contribution in [0.25, 0.3) is 17.4 Å². The van der Waals surface area contributed by atoms with Crippen molar-refractivity contribution in [1.29, 1.82) is 0 Å². The van der Waals surface area contributed by atoms with Crippen molar-refractivity contribution in [2.75, 3.05) is 20.8 Å². The van der Waals surface area contributed by atoms with Crippen molar-refractivity contribution in [2.24, 2.45) is 4.99 Å². The number of hydrogen-bond acceptors (Lipinski definition) is 9. The first-order valence-electron chi connectivity index (χ1n) is 12.7. The molecule has 1 aliphatic rings. The van der Waals surface area contributed by atoms with Crippen LogP contribution in [0.15, 0.2) is 74.0 Å². The molecule has 0 fully saturated rings. The predicted octanol–water partition coefficient (Wildman–Crippen LogP) is 4.43. The third-order valence-electron chi connectivity index (χ3n) is 6.63. The number of hydrogen-bond donors (Lipinski definition) is 1. The number of aromatic nitrogens is 1. The van der Waals surface area contributed by atoms with Gasteiger partial charge in [-0.25, -0.2) is 14.6 Å². The van der Waals surface area contributed by atoms with Crippen LogP contribution in [-0.4, -0.2) is 42.4 Å². The Labute approximate surface area is 248 Å². The highest BCUT2D eigenvalue weighted by atomic mass is 35.5. The largest absolute Gasteiger partial charge is 0.497 e. The van der Waals surface area contributed by atoms with Crippen LogP contribution in [0.5, 0.6) is 11.5 Å². The van der Waals surface area contributed by atoms with E-state index in [1.807, 2.05) is 0 Å². The van der Waals surface area contributed by atoms with E-state index in [2.05, 4.69) is 4.99 Å². The van der Waals surface area contributed by atoms with Gasteiger partial charge in [-0.05, 0) is 56.3 Å². The molecule has 0 spiro atoms. The first kappa shape index (κ1) is 28.9. The van der Waals surface area contributed by atoms with E-state index in [4.69, 9.17) is 30.2 Å². The molecule has 0 bridgehead atoms. The molecule has 0 saturated carbocycles. The van der Waals surface area contributed by atoms with Crippen LogP contribution in [0.3, 0.4) is 0 Å². The molecule has 1 atom stereocenters. The average molecular weight is 609 g/mol. The lowest BCUT2D eigenvalue weighted by molar-refractivity contribution is -0.139. The maximum Gasteiger partial charge on any atom is 0.338 e. The van der Waals surface area contributed by atoms with Crippen LogP contribution in [-0.2, 0) is 9.53 Å². The molecule has 0 radical (unpaired) electrons. The molecule has 5 rings (SSSR count). The van der Waals surface area contributed by atoms with Gasteiger partial charge in [-0.2, -0.15) is 0 Å². The number of furan rings is 1. The van der Waals surface area contributed by atoms with Crippen molar-refractivity contribution >= 4 is 41.0 Å². The molecule has 42 heavy (non-hydrogen) atoms. The SMILES string of the molecule is CCOC(=O)C1=C(C)N=c2s/c(=C\c3ccc(-c4ccc(C(=O)O)c(Cl)c4)o3)c(=O)n2[C@H]1c1cc(OC)ccc1OC. The zero-order valence-corrected chi connectivity index (χ0v) is 24.5. The van der Waals surface area contributed by atoms with E-state index in [0.717, 1.165) is 11.3 Å². The van der Waals surface area contributed by atoms with Gasteiger partial charge < -0.3 is 23.7 Å². The minimum Gasteiger partial charge on any atom is -0.497 e. The van der Waals surface area contributed by atoms with E-state index in [9.17, 15) is 19.5 Å². The number of carboxylic acids is 1. The Morgan fingerprint density at radius 3 is 2.60 bits per heavy atom. The van der Waals surface area contributed by atoms with Gasteiger partial charge in [-0.1, -0.05) is 29.0 Å². The molecule has 2 aromatic carbocycles. The zero-order valence-electron chi connectivity index (χ0n) is 23.0. The summed E-state index contributed by atoms with van der Waals surface area (Å²) in [6.07, 6.45) is 1.59. The summed E-state index contributed by atoms with van der Waals surface area (Å²) in [5, 5.41) is 9.31. The maximum atomic E-state index is 13.9. The number of rotatable bonds is 8. The lowest BCUT2D eigenvalue weighted by Crippen LogP contribution is -2.40. The van der Waals surface area contributed by atoms with Crippen LogP contribution < -0.4 is 24.4 Å². The zero-order chi connectivity index (χ0) is 30.1. The molecule has 3 heterocycles. The van der Waals surface area contributed by atoms with Gasteiger partial charge in [0, 0.05) is 17.2 Å². The summed E-state index contributed by atoms with van der Waals surface area (Å²) in [6.45, 7) is 3.55. The third-order valence-corrected chi connectivity index (χ3v) is 7.93. The van der Waals surface area contributed by atoms with E-state index < -0.39 is 23.5 Å². The van der Waals surface area contributed by atoms with Gasteiger partial charge in [0.1, 0.15) is 29.1 Å². The van der Waals surface area contributed by atoms with E-state index >= 15 is 0 Å². The normalized spacial score (nSPS) is 14.8. The standard InChI is InChI=1S/C30H25ClN2O8S/c1-5-40-29(37)25-15(2)32-30-33(26(25)20-13-17(38-3)7-11-23(20)39-4)27(34)24(42-30)14-18-8-10-22(41-18)16-6-9-19(28(35)36)21(31)12-16/h6-14,26H,5H2,1-4H3,(H,35,36)/b24-14-/t26-/m0/s1. The Morgan fingerprint density at radius 1 is 1.14 bits per heavy atom. The second-order valence-corrected chi connectivity index (χ2v) is 10.5. The van der Waals surface area contributed by atoms with E-state index in [1.165, 1.54) is 30.9 Å². The molecule has 12 heteroatoms. The number of ether oxygens (including phenoxy) is 3. The molecular weight excluding hydrogens is 584 g/mol. The Morgan fingerprint density at radius 2 is 1.93 bits per heavy atom. The van der Waals surface area contributed by atoms with Gasteiger partial charge in [-0.3, -0.25) is 9.36 Å². The molecule has 0 aliphatic carbocycles. The Hall–Kier alpha value is -4.61. The monoisotopic (exact) mass is 608 g/mol. The van der Waals surface area contributed by atoms with Crippen LogP contribution >= 0.6 is 22.9 Å². The fourth-order valence-corrected chi connectivity index (χ4v) is 5.98. The second-order valence-electron chi connectivity index (χ2n) is 9.11. The highest BCUT2D eigenvalue weighted by Crippen LogP contribution is 2.38. The van der Waals surface area contributed by atoms with E-state index in [0.29, 0.717) is 49.2 Å². The number of nitrogens with zero attached hydrogens (tertiary/aromatic N) is 2. The first-order chi connectivity index (χ1) is 20.2. The highest BCUT2D eigenvalue weighted by molar-refractivity contribution is 7.07. The van der Waals surface area contributed by atoms with Crippen molar-refractivity contribution in [3.05, 3.63) is 101 Å². The fourth-order valence-electron chi connectivity index (χ4n) is 4.70. The fraction of sp³-hybridized carbons (Fsp3) is 0.200. The summed E-state index contributed by atoms with van der Waals surface area (Å²) in [5.41, 5.74) is 1.32. The predicted molar refractivity (Wildman–Crippen MR) is 156 cm³/mol. The van der Waals surface area contributed by atoms with Gasteiger partial charge in [0.2, 0.25) is 0 Å². The van der Waals surface area contributed by atoms with E-state index in [1.54, 1.807) is 56.3 Å². The van der Waals surface area contributed by atoms with Crippen molar-refractivity contribution in [2.45, 2.75) is 19.9 Å². The van der Waals surface area contributed by atoms with Crippen LogP contribution in [0.4, 0.5) is 0 Å². The van der Waals surface area contributed by atoms with Crippen LogP contribution in [0.1, 0.15) is 41.6 Å². The van der Waals surface area contributed by atoms with Crippen molar-refractivity contribution in [3.63, 3.8) is 0 Å². The lowest BCUT2D eigenvalue weighted by atomic mass is 9.95. The number of aromatic carboxylic acids is 1. The minimum atomic E-state index is -1.13. The molecule has 0 saturated heterocycles. The number of thiazole rings is 1. The molecular formula is C30H25ClN2O8S. The summed E-state index contributed by atoms with van der Waals surface area (Å²) in [5.74, 6) is 0.0674. The first-order valence-corrected chi connectivity index (χ1v) is 13.9. The van der Waals surface area contributed by atoms with Crippen molar-refractivity contribution in [3.8, 4) is 22.8 Å². The van der Waals surface area contributed by atoms with Gasteiger partial charge >= 0.3 is 11.9 Å². The second kappa shape index (κ2) is 11.7. The Balaban J connectivity index is 1.65. The third kappa shape index (κ3) is 5.24. The Kier molecular flexibility index (Phi) is 8.06. The number of allylic oxidation sites excluding steroid dienone is 1. The molecule has 0 amide bonds. The summed E-state index contributed by atoms with van der Waals surface area (Å²) >= 11 is 7.27. The van der Waals surface area contributed by atoms with E-state index in [-0.39, 0.29) is 22.8 Å². The number of methoxy groups -OCH3 is 2. The van der Waals surface area contributed by atoms with Gasteiger partial charge in [-0.15, -0.1) is 0 Å². The van der Waals surface area contributed by atoms with Crippen LogP contribution in [0.2, 0.25) is 5.02 Å². The lowest BCUT2D eigenvalue weighted by Gasteiger charge is -2.26. The van der Waals surface area contributed by atoms with Crippen molar-refractivity contribution < 1.29 is 33.3 Å². The maximum absolute atomic E-state index is 13.9. The number of benzene rings is 2. The molecule has 216 valence electrons. The average Bonchev–Trinajstić information content (AvgIpc) is 3.56. The topological polar surface area (TPSA) is 130 Å². The summed E-state index contributed by atoms with van der Waals surface area (Å²) in [6, 6.07) is 12.1. The molecule has 1 N–H and O–H groups in total. The summed E-state index contributed by atoms with van der Waals surface area (Å²) in [4.78, 5) is 43.4. The number of carboxylic acid groups (broad SMARTS) is 1. The minimum absolute atomic E-state index is 0.0204. The number of carbonyl (C=O) groups is 2. The molecule has 2 aromatic heterocycles. The number of halogens is 1. The van der Waals surface area contributed by atoms with Crippen LogP contribution in [0, 0.1) is 0 Å². The van der Waals surface area contributed by atoms with Crippen molar-refractivity contribution in [1.82, 2.24) is 4.57 Å². The number of fused-ring (bicyclic) bond motifs is 1. The summed E-state index contributed by atoms with van der Waals surface area (Å²) in [7, 11) is 3.03. The number of esters is 1. The highest BCUT2D eigenvalue weighted by Gasteiger charge is 2.35. The molecule has 1 aliphatic heterocycles.